The molecule has 10 heteroatoms. The second-order valence-electron chi connectivity index (χ2n) is 8.36. The second-order valence-corrected chi connectivity index (χ2v) is 8.36. The molecule has 1 atom stereocenters. The van der Waals surface area contributed by atoms with Crippen LogP contribution in [0.5, 0.6) is 5.75 Å². The molecule has 0 saturated carbocycles. The Morgan fingerprint density at radius 3 is 2.64 bits per heavy atom. The fourth-order valence-corrected chi connectivity index (χ4v) is 4.26. The first-order valence-corrected chi connectivity index (χ1v) is 11.4. The lowest BCUT2D eigenvalue weighted by atomic mass is 10.1. The van der Waals surface area contributed by atoms with Gasteiger partial charge in [-0.1, -0.05) is 30.3 Å². The number of nitro groups is 1. The van der Waals surface area contributed by atoms with Gasteiger partial charge in [0.15, 0.2) is 0 Å². The lowest BCUT2D eigenvalue weighted by Crippen LogP contribution is -2.37. The first kappa shape index (κ1) is 23.7. The Morgan fingerprint density at radius 2 is 1.89 bits per heavy atom. The van der Waals surface area contributed by atoms with Gasteiger partial charge in [-0.2, -0.15) is 0 Å². The van der Waals surface area contributed by atoms with Gasteiger partial charge in [0.2, 0.25) is 6.29 Å². The van der Waals surface area contributed by atoms with Crippen molar-refractivity contribution in [2.75, 3.05) is 31.2 Å². The maximum absolute atomic E-state index is 14.3. The van der Waals surface area contributed by atoms with Crippen LogP contribution in [0.1, 0.15) is 33.3 Å². The molecule has 0 bridgehead atoms. The van der Waals surface area contributed by atoms with Gasteiger partial charge >= 0.3 is 5.97 Å². The third-order valence-electron chi connectivity index (χ3n) is 6.02. The number of anilines is 1. The predicted molar refractivity (Wildman–Crippen MR) is 126 cm³/mol. The summed E-state index contributed by atoms with van der Waals surface area (Å²) in [6.45, 7) is 1.85. The van der Waals surface area contributed by atoms with E-state index in [9.17, 15) is 19.3 Å². The van der Waals surface area contributed by atoms with Crippen molar-refractivity contribution >= 4 is 17.3 Å². The van der Waals surface area contributed by atoms with E-state index in [0.29, 0.717) is 48.9 Å². The maximum Gasteiger partial charge on any atom is 0.340 e. The minimum Gasteiger partial charge on any atom is -0.460 e. The van der Waals surface area contributed by atoms with E-state index in [1.54, 1.807) is 0 Å². The molecule has 186 valence electrons. The van der Waals surface area contributed by atoms with Crippen LogP contribution in [0.3, 0.4) is 0 Å². The van der Waals surface area contributed by atoms with Crippen LogP contribution < -0.4 is 9.64 Å². The third-order valence-corrected chi connectivity index (χ3v) is 6.02. The topological polar surface area (TPSA) is 100 Å². The number of esters is 1. The van der Waals surface area contributed by atoms with E-state index in [4.69, 9.17) is 18.9 Å². The minimum atomic E-state index is -0.759. The quantitative estimate of drug-likeness (QED) is 0.280. The van der Waals surface area contributed by atoms with Crippen LogP contribution in [-0.2, 0) is 27.4 Å². The molecule has 1 fully saturated rings. The number of benzene rings is 3. The van der Waals surface area contributed by atoms with Gasteiger partial charge in [0.1, 0.15) is 18.2 Å². The fourth-order valence-electron chi connectivity index (χ4n) is 4.26. The van der Waals surface area contributed by atoms with E-state index in [1.807, 2.05) is 35.2 Å². The van der Waals surface area contributed by atoms with Crippen LogP contribution in [0.4, 0.5) is 15.8 Å². The number of morpholine rings is 1. The summed E-state index contributed by atoms with van der Waals surface area (Å²) in [5.74, 6) is -0.892. The molecule has 0 amide bonds. The minimum absolute atomic E-state index is 0.0581. The molecule has 2 heterocycles. The molecule has 0 radical (unpaired) electrons. The van der Waals surface area contributed by atoms with E-state index >= 15 is 0 Å². The zero-order valence-corrected chi connectivity index (χ0v) is 19.2. The summed E-state index contributed by atoms with van der Waals surface area (Å²) in [5, 5.41) is 11.3. The highest BCUT2D eigenvalue weighted by Gasteiger charge is 2.27. The Labute approximate surface area is 206 Å². The van der Waals surface area contributed by atoms with Crippen LogP contribution in [0, 0.1) is 15.9 Å². The van der Waals surface area contributed by atoms with E-state index < -0.39 is 23.0 Å². The van der Waals surface area contributed by atoms with Crippen molar-refractivity contribution in [3.63, 3.8) is 0 Å². The SMILES string of the molecule is O=C(OCc1cc(F)cc2c1OC(c1ccccc1)OC2)c1cc([N+](=O)[O-])ccc1N1CCOCC1. The molecule has 2 aliphatic rings. The lowest BCUT2D eigenvalue weighted by molar-refractivity contribution is -0.384. The molecule has 0 N–H and O–H groups in total. The Hall–Kier alpha value is -4.02. The van der Waals surface area contributed by atoms with Gasteiger partial charge in [0, 0.05) is 41.9 Å². The predicted octanol–water partition coefficient (Wildman–Crippen LogP) is 4.54. The molecule has 3 aromatic rings. The third kappa shape index (κ3) is 5.00. The Kier molecular flexibility index (Phi) is 6.79. The van der Waals surface area contributed by atoms with Gasteiger partial charge < -0.3 is 23.8 Å². The van der Waals surface area contributed by atoms with Crippen molar-refractivity contribution < 1.29 is 33.1 Å². The molecular formula is C26H23FN2O7. The summed E-state index contributed by atoms with van der Waals surface area (Å²) in [5.41, 5.74) is 1.97. The summed E-state index contributed by atoms with van der Waals surface area (Å²) in [4.78, 5) is 25.8. The highest BCUT2D eigenvalue weighted by Crippen LogP contribution is 2.37. The number of carbonyl (C=O) groups excluding carboxylic acids is 1. The number of carbonyl (C=O) groups is 1. The van der Waals surface area contributed by atoms with Crippen LogP contribution in [0.2, 0.25) is 0 Å². The van der Waals surface area contributed by atoms with Crippen molar-refractivity contribution in [1.82, 2.24) is 0 Å². The Bertz CT molecular complexity index is 1280. The highest BCUT2D eigenvalue weighted by atomic mass is 19.1. The number of nitrogens with zero attached hydrogens (tertiary/aromatic N) is 2. The summed E-state index contributed by atoms with van der Waals surface area (Å²) < 4.78 is 37.0. The number of rotatable bonds is 6. The largest absolute Gasteiger partial charge is 0.460 e. The molecule has 0 aliphatic carbocycles. The zero-order valence-electron chi connectivity index (χ0n) is 19.2. The molecule has 0 aromatic heterocycles. The van der Waals surface area contributed by atoms with Gasteiger partial charge in [0.05, 0.1) is 36.0 Å². The Balaban J connectivity index is 1.39. The second kappa shape index (κ2) is 10.3. The van der Waals surface area contributed by atoms with E-state index in [0.717, 1.165) is 5.56 Å². The molecular weight excluding hydrogens is 471 g/mol. The highest BCUT2D eigenvalue weighted by molar-refractivity contribution is 5.96. The Morgan fingerprint density at radius 1 is 1.11 bits per heavy atom. The number of nitro benzene ring substituents is 1. The van der Waals surface area contributed by atoms with Crippen LogP contribution in [0.15, 0.2) is 60.7 Å². The monoisotopic (exact) mass is 494 g/mol. The number of hydrogen-bond acceptors (Lipinski definition) is 8. The molecule has 2 aliphatic heterocycles. The van der Waals surface area contributed by atoms with Crippen molar-refractivity contribution in [2.45, 2.75) is 19.5 Å². The molecule has 1 saturated heterocycles. The van der Waals surface area contributed by atoms with Crippen molar-refractivity contribution in [3.05, 3.63) is 98.8 Å². The van der Waals surface area contributed by atoms with Gasteiger partial charge in [0.25, 0.3) is 5.69 Å². The molecule has 9 nitrogen and oxygen atoms in total. The fraction of sp³-hybridized carbons (Fsp3) is 0.269. The normalized spacial score (nSPS) is 17.1. The van der Waals surface area contributed by atoms with Crippen molar-refractivity contribution in [2.24, 2.45) is 0 Å². The van der Waals surface area contributed by atoms with E-state index in [2.05, 4.69) is 0 Å². The van der Waals surface area contributed by atoms with Crippen LogP contribution in [-0.4, -0.2) is 37.2 Å². The van der Waals surface area contributed by atoms with Crippen LogP contribution in [0.25, 0.3) is 0 Å². The zero-order chi connectivity index (χ0) is 25.1. The first-order chi connectivity index (χ1) is 17.5. The maximum atomic E-state index is 14.3. The molecule has 0 spiro atoms. The summed E-state index contributed by atoms with van der Waals surface area (Å²) in [7, 11) is 0. The van der Waals surface area contributed by atoms with Crippen LogP contribution >= 0.6 is 0 Å². The van der Waals surface area contributed by atoms with Gasteiger partial charge in [-0.3, -0.25) is 10.1 Å². The lowest BCUT2D eigenvalue weighted by Gasteiger charge is -2.30. The van der Waals surface area contributed by atoms with E-state index in [-0.39, 0.29) is 24.5 Å². The standard InChI is InChI=1S/C26H23FN2O7/c27-20-12-18(24-19(13-20)16-35-26(36-24)17-4-2-1-3-5-17)15-34-25(30)22-14-21(29(31)32)6-7-23(22)28-8-10-33-11-9-28/h1-7,12-14,26H,8-11,15-16H2. The van der Waals surface area contributed by atoms with Crippen molar-refractivity contribution in [3.8, 4) is 5.75 Å². The first-order valence-electron chi connectivity index (χ1n) is 11.4. The van der Waals surface area contributed by atoms with Gasteiger partial charge in [-0.15, -0.1) is 0 Å². The average Bonchev–Trinajstić information content (AvgIpc) is 2.91. The summed E-state index contributed by atoms with van der Waals surface area (Å²) >= 11 is 0. The molecule has 5 rings (SSSR count). The molecule has 1 unspecified atom stereocenters. The number of ether oxygens (including phenoxy) is 4. The summed E-state index contributed by atoms with van der Waals surface area (Å²) in [6, 6.07) is 15.9. The number of fused-ring (bicyclic) bond motifs is 1. The number of hydrogen-bond donors (Lipinski definition) is 0. The molecule has 3 aromatic carbocycles. The number of halogens is 1. The average molecular weight is 494 g/mol. The van der Waals surface area contributed by atoms with Crippen molar-refractivity contribution in [1.29, 1.82) is 0 Å². The molecule has 36 heavy (non-hydrogen) atoms. The summed E-state index contributed by atoms with van der Waals surface area (Å²) in [6.07, 6.45) is -0.691. The number of non-ortho nitro benzene ring substituents is 1. The van der Waals surface area contributed by atoms with Gasteiger partial charge in [-0.25, -0.2) is 9.18 Å². The smallest absolute Gasteiger partial charge is 0.340 e. The van der Waals surface area contributed by atoms with E-state index in [1.165, 1.54) is 30.3 Å². The van der Waals surface area contributed by atoms with Gasteiger partial charge in [-0.05, 0) is 18.2 Å².